The number of nitrogens with zero attached hydrogens (tertiary/aromatic N) is 1. The van der Waals surface area contributed by atoms with Crippen molar-refractivity contribution in [2.45, 2.75) is 25.9 Å². The third kappa shape index (κ3) is 2.20. The summed E-state index contributed by atoms with van der Waals surface area (Å²) in [5.41, 5.74) is 1.35. The summed E-state index contributed by atoms with van der Waals surface area (Å²) < 4.78 is 5.44. The monoisotopic (exact) mass is 273 g/mol. The van der Waals surface area contributed by atoms with Crippen LogP contribution in [0.3, 0.4) is 0 Å². The van der Waals surface area contributed by atoms with E-state index >= 15 is 0 Å². The first-order valence-corrected chi connectivity index (χ1v) is 7.14. The number of aliphatic hydroxyl groups excluding tert-OH is 1. The fraction of sp³-hybridized carbons (Fsp3) is 0.438. The Morgan fingerprint density at radius 1 is 1.45 bits per heavy atom. The van der Waals surface area contributed by atoms with Gasteiger partial charge in [0.15, 0.2) is 0 Å². The molecule has 106 valence electrons. The van der Waals surface area contributed by atoms with Gasteiger partial charge >= 0.3 is 0 Å². The van der Waals surface area contributed by atoms with Gasteiger partial charge in [-0.05, 0) is 18.9 Å². The first-order valence-electron chi connectivity index (χ1n) is 7.14. The summed E-state index contributed by atoms with van der Waals surface area (Å²) in [6, 6.07) is 7.57. The van der Waals surface area contributed by atoms with Gasteiger partial charge in [0.25, 0.3) is 5.91 Å². The molecule has 0 spiro atoms. The maximum absolute atomic E-state index is 12.6. The van der Waals surface area contributed by atoms with Crippen molar-refractivity contribution in [3.8, 4) is 0 Å². The lowest BCUT2D eigenvalue weighted by Crippen LogP contribution is -2.45. The van der Waals surface area contributed by atoms with Crippen molar-refractivity contribution in [3.05, 3.63) is 36.1 Å². The molecule has 4 heteroatoms. The average Bonchev–Trinajstić information content (AvgIpc) is 2.91. The Morgan fingerprint density at radius 3 is 3.05 bits per heavy atom. The molecule has 1 aliphatic heterocycles. The van der Waals surface area contributed by atoms with Gasteiger partial charge in [-0.2, -0.15) is 0 Å². The predicted octanol–water partition coefficient (Wildman–Crippen LogP) is 2.67. The van der Waals surface area contributed by atoms with Crippen LogP contribution in [-0.4, -0.2) is 35.1 Å². The molecule has 1 aliphatic rings. The molecule has 1 saturated heterocycles. The highest BCUT2D eigenvalue weighted by molar-refractivity contribution is 6.05. The first-order chi connectivity index (χ1) is 9.70. The predicted molar refractivity (Wildman–Crippen MR) is 76.5 cm³/mol. The molecule has 1 fully saturated rings. The highest BCUT2D eigenvalue weighted by atomic mass is 16.3. The van der Waals surface area contributed by atoms with E-state index in [1.807, 2.05) is 29.2 Å². The summed E-state index contributed by atoms with van der Waals surface area (Å²) in [7, 11) is 0. The minimum atomic E-state index is -0.287. The molecular formula is C16H19NO3. The average molecular weight is 273 g/mol. The number of hydrogen-bond donors (Lipinski definition) is 1. The van der Waals surface area contributed by atoms with Gasteiger partial charge in [-0.3, -0.25) is 4.79 Å². The van der Waals surface area contributed by atoms with Gasteiger partial charge in [0.1, 0.15) is 11.8 Å². The van der Waals surface area contributed by atoms with Gasteiger partial charge in [-0.25, -0.2) is 0 Å². The summed E-state index contributed by atoms with van der Waals surface area (Å²) in [6.45, 7) is 3.28. The van der Waals surface area contributed by atoms with Crippen LogP contribution >= 0.6 is 0 Å². The fourth-order valence-electron chi connectivity index (χ4n) is 2.92. The third-order valence-electron chi connectivity index (χ3n) is 4.22. The molecule has 20 heavy (non-hydrogen) atoms. The van der Waals surface area contributed by atoms with E-state index in [4.69, 9.17) is 4.42 Å². The molecule has 2 aromatic rings. The Labute approximate surface area is 118 Å². The summed E-state index contributed by atoms with van der Waals surface area (Å²) in [4.78, 5) is 14.5. The van der Waals surface area contributed by atoms with Crippen LogP contribution < -0.4 is 0 Å². The number of amides is 1. The molecule has 1 N–H and O–H groups in total. The minimum absolute atomic E-state index is 0.000278. The van der Waals surface area contributed by atoms with Crippen LogP contribution in [0.2, 0.25) is 0 Å². The zero-order valence-corrected chi connectivity index (χ0v) is 11.6. The summed E-state index contributed by atoms with van der Waals surface area (Å²) >= 11 is 0. The fourth-order valence-corrected chi connectivity index (χ4v) is 2.92. The van der Waals surface area contributed by atoms with Gasteiger partial charge < -0.3 is 14.4 Å². The highest BCUT2D eigenvalue weighted by Crippen LogP contribution is 2.25. The Hall–Kier alpha value is -1.81. The van der Waals surface area contributed by atoms with Gasteiger partial charge in [0.05, 0.1) is 11.7 Å². The van der Waals surface area contributed by atoms with E-state index in [1.165, 1.54) is 0 Å². The molecule has 4 nitrogen and oxygen atoms in total. The van der Waals surface area contributed by atoms with Crippen molar-refractivity contribution < 1.29 is 14.3 Å². The van der Waals surface area contributed by atoms with Gasteiger partial charge in [0.2, 0.25) is 0 Å². The first kappa shape index (κ1) is 13.2. The van der Waals surface area contributed by atoms with Crippen molar-refractivity contribution in [1.29, 1.82) is 0 Å². The second kappa shape index (κ2) is 5.29. The van der Waals surface area contributed by atoms with Gasteiger partial charge in [0, 0.05) is 24.4 Å². The lowest BCUT2D eigenvalue weighted by atomic mass is 9.92. The number of carbonyl (C=O) groups excluding carboxylic acids is 1. The number of fused-ring (bicyclic) bond motifs is 1. The number of piperidine rings is 1. The number of furan rings is 1. The number of benzene rings is 1. The molecular weight excluding hydrogens is 254 g/mol. The van der Waals surface area contributed by atoms with Gasteiger partial charge in [-0.1, -0.05) is 25.1 Å². The normalized spacial score (nSPS) is 23.2. The van der Waals surface area contributed by atoms with E-state index in [2.05, 4.69) is 6.92 Å². The zero-order valence-electron chi connectivity index (χ0n) is 11.6. The van der Waals surface area contributed by atoms with Crippen molar-refractivity contribution >= 4 is 16.9 Å². The minimum Gasteiger partial charge on any atom is -0.463 e. The molecule has 1 aromatic heterocycles. The smallest absolute Gasteiger partial charge is 0.257 e. The Morgan fingerprint density at radius 2 is 2.25 bits per heavy atom. The lowest BCUT2D eigenvalue weighted by molar-refractivity contribution is 0.0229. The molecule has 3 rings (SSSR count). The Kier molecular flexibility index (Phi) is 3.49. The van der Waals surface area contributed by atoms with Crippen LogP contribution in [0.15, 0.2) is 34.9 Å². The molecule has 2 atom stereocenters. The lowest BCUT2D eigenvalue weighted by Gasteiger charge is -2.35. The van der Waals surface area contributed by atoms with E-state index in [0.717, 1.165) is 17.4 Å². The number of hydrogen-bond acceptors (Lipinski definition) is 3. The third-order valence-corrected chi connectivity index (χ3v) is 4.22. The van der Waals surface area contributed by atoms with Gasteiger partial charge in [-0.15, -0.1) is 0 Å². The number of aliphatic hydroxyl groups is 1. The molecule has 1 amide bonds. The van der Waals surface area contributed by atoms with Crippen LogP contribution in [0.25, 0.3) is 11.0 Å². The molecule has 0 radical (unpaired) electrons. The second-order valence-electron chi connectivity index (χ2n) is 5.42. The van der Waals surface area contributed by atoms with E-state index in [9.17, 15) is 9.90 Å². The van der Waals surface area contributed by atoms with Crippen molar-refractivity contribution in [2.24, 2.45) is 5.92 Å². The van der Waals surface area contributed by atoms with Crippen LogP contribution in [0.4, 0.5) is 0 Å². The quantitative estimate of drug-likeness (QED) is 0.915. The summed E-state index contributed by atoms with van der Waals surface area (Å²) in [6.07, 6.45) is 2.79. The largest absolute Gasteiger partial charge is 0.463 e. The molecule has 2 heterocycles. The molecule has 0 saturated carbocycles. The van der Waals surface area contributed by atoms with Crippen LogP contribution in [-0.2, 0) is 0 Å². The molecule has 0 bridgehead atoms. The SMILES string of the molecule is CCC1CN(C(=O)c2coc3ccccc23)CCC1O. The topological polar surface area (TPSA) is 53.7 Å². The van der Waals surface area contributed by atoms with E-state index in [0.29, 0.717) is 25.1 Å². The van der Waals surface area contributed by atoms with Crippen LogP contribution in [0, 0.1) is 5.92 Å². The van der Waals surface area contributed by atoms with Crippen molar-refractivity contribution in [1.82, 2.24) is 4.90 Å². The number of rotatable bonds is 2. The van der Waals surface area contributed by atoms with Crippen molar-refractivity contribution in [2.75, 3.05) is 13.1 Å². The molecule has 1 aromatic carbocycles. The number of carbonyl (C=O) groups is 1. The second-order valence-corrected chi connectivity index (χ2v) is 5.42. The highest BCUT2D eigenvalue weighted by Gasteiger charge is 2.30. The number of likely N-dealkylation sites (tertiary alicyclic amines) is 1. The Bertz CT molecular complexity index is 619. The molecule has 2 unspecified atom stereocenters. The van der Waals surface area contributed by atoms with E-state index < -0.39 is 0 Å². The Balaban J connectivity index is 1.85. The maximum Gasteiger partial charge on any atom is 0.257 e. The van der Waals surface area contributed by atoms with Crippen molar-refractivity contribution in [3.63, 3.8) is 0 Å². The van der Waals surface area contributed by atoms with E-state index in [-0.39, 0.29) is 17.9 Å². The summed E-state index contributed by atoms with van der Waals surface area (Å²) in [5, 5.41) is 10.8. The zero-order chi connectivity index (χ0) is 14.1. The maximum atomic E-state index is 12.6. The van der Waals surface area contributed by atoms with Crippen LogP contribution in [0.1, 0.15) is 30.1 Å². The number of para-hydroxylation sites is 1. The summed E-state index contributed by atoms with van der Waals surface area (Å²) in [5.74, 6) is 0.172. The van der Waals surface area contributed by atoms with E-state index in [1.54, 1.807) is 6.26 Å². The van der Waals surface area contributed by atoms with Crippen LogP contribution in [0.5, 0.6) is 0 Å². The molecule has 0 aliphatic carbocycles. The standard InChI is InChI=1S/C16H19NO3/c1-2-11-9-17(8-7-14(11)18)16(19)13-10-20-15-6-4-3-5-12(13)15/h3-6,10-11,14,18H,2,7-9H2,1H3.